The van der Waals surface area contributed by atoms with Gasteiger partial charge in [0.15, 0.2) is 0 Å². The second-order valence-electron chi connectivity index (χ2n) is 8.55. The number of amides is 3. The Morgan fingerprint density at radius 2 is 1.69 bits per heavy atom. The van der Waals surface area contributed by atoms with Gasteiger partial charge in [-0.1, -0.05) is 44.5 Å². The molecule has 1 N–H and O–H groups in total. The molecule has 0 aromatic heterocycles. The van der Waals surface area contributed by atoms with E-state index in [1.165, 1.54) is 5.56 Å². The number of hydrogen-bond acceptors (Lipinski definition) is 2. The lowest BCUT2D eigenvalue weighted by Gasteiger charge is -2.25. The van der Waals surface area contributed by atoms with E-state index in [4.69, 9.17) is 0 Å². The molecule has 1 fully saturated rings. The zero-order valence-electron chi connectivity index (χ0n) is 16.9. The Morgan fingerprint density at radius 1 is 1.04 bits per heavy atom. The summed E-state index contributed by atoms with van der Waals surface area (Å²) in [5.74, 6) is 0.147. The second-order valence-corrected chi connectivity index (χ2v) is 8.55. The van der Waals surface area contributed by atoms with E-state index in [0.29, 0.717) is 39.1 Å². The number of nitrogens with one attached hydrogen (secondary N) is 1. The summed E-state index contributed by atoms with van der Waals surface area (Å²) in [5.41, 5.74) is 3.53. The molecule has 144 valence electrons. The number of urea groups is 1. The molecule has 1 aromatic carbocycles. The molecule has 0 atom stereocenters. The average molecular weight is 360 g/mol. The van der Waals surface area contributed by atoms with Gasteiger partial charge in [-0.25, -0.2) is 4.79 Å². The van der Waals surface area contributed by atoms with Crippen molar-refractivity contribution < 1.29 is 9.59 Å². The van der Waals surface area contributed by atoms with Crippen molar-refractivity contribution in [3.63, 3.8) is 0 Å². The first-order chi connectivity index (χ1) is 12.2. The third-order valence-corrected chi connectivity index (χ3v) is 4.75. The van der Waals surface area contributed by atoms with Crippen LogP contribution in [0.1, 0.15) is 43.9 Å². The van der Waals surface area contributed by atoms with Gasteiger partial charge in [-0.05, 0) is 36.8 Å². The normalized spacial score (nSPS) is 15.6. The molecule has 1 heterocycles. The van der Waals surface area contributed by atoms with E-state index in [1.807, 2.05) is 15.9 Å². The molecule has 26 heavy (non-hydrogen) atoms. The molecule has 2 rings (SSSR count). The van der Waals surface area contributed by atoms with Gasteiger partial charge in [0.2, 0.25) is 5.91 Å². The fourth-order valence-electron chi connectivity index (χ4n) is 3.14. The highest BCUT2D eigenvalue weighted by molar-refractivity contribution is 5.79. The number of rotatable bonds is 3. The van der Waals surface area contributed by atoms with E-state index in [2.05, 4.69) is 52.1 Å². The maximum Gasteiger partial charge on any atom is 0.317 e. The van der Waals surface area contributed by atoms with Gasteiger partial charge in [0.25, 0.3) is 0 Å². The number of hydrogen-bond donors (Lipinski definition) is 1. The van der Waals surface area contributed by atoms with Crippen LogP contribution in [0.25, 0.3) is 0 Å². The molecule has 3 amide bonds. The summed E-state index contributed by atoms with van der Waals surface area (Å²) in [6.45, 7) is 13.7. The first-order valence-corrected chi connectivity index (χ1v) is 9.52. The van der Waals surface area contributed by atoms with Gasteiger partial charge in [-0.15, -0.1) is 0 Å². The van der Waals surface area contributed by atoms with Crippen LogP contribution in [0, 0.1) is 19.3 Å². The van der Waals surface area contributed by atoms with Gasteiger partial charge >= 0.3 is 6.03 Å². The van der Waals surface area contributed by atoms with Gasteiger partial charge in [-0.3, -0.25) is 4.79 Å². The summed E-state index contributed by atoms with van der Waals surface area (Å²) in [6, 6.07) is 6.20. The van der Waals surface area contributed by atoms with Crippen LogP contribution >= 0.6 is 0 Å². The molecule has 0 unspecified atom stereocenters. The predicted octanol–water partition coefficient (Wildman–Crippen LogP) is 3.14. The van der Waals surface area contributed by atoms with Crippen molar-refractivity contribution in [3.05, 3.63) is 34.9 Å². The zero-order chi connectivity index (χ0) is 19.3. The quantitative estimate of drug-likeness (QED) is 0.901. The second kappa shape index (κ2) is 8.56. The maximum absolute atomic E-state index is 12.7. The minimum atomic E-state index is -0.0244. The van der Waals surface area contributed by atoms with E-state index < -0.39 is 0 Å². The van der Waals surface area contributed by atoms with Crippen molar-refractivity contribution >= 4 is 11.9 Å². The van der Waals surface area contributed by atoms with Crippen molar-refractivity contribution in [2.75, 3.05) is 32.7 Å². The van der Waals surface area contributed by atoms with Crippen molar-refractivity contribution in [3.8, 4) is 0 Å². The highest BCUT2D eigenvalue weighted by Crippen LogP contribution is 2.14. The molecule has 0 aliphatic carbocycles. The van der Waals surface area contributed by atoms with Crippen molar-refractivity contribution in [2.45, 2.75) is 47.5 Å². The van der Waals surface area contributed by atoms with Crippen LogP contribution < -0.4 is 5.32 Å². The maximum atomic E-state index is 12.7. The summed E-state index contributed by atoms with van der Waals surface area (Å²) in [5, 5.41) is 3.00. The van der Waals surface area contributed by atoms with Crippen molar-refractivity contribution in [1.29, 1.82) is 0 Å². The lowest BCUT2D eigenvalue weighted by atomic mass is 9.97. The molecule has 1 saturated heterocycles. The van der Waals surface area contributed by atoms with Gasteiger partial charge in [-0.2, -0.15) is 0 Å². The Hall–Kier alpha value is -2.04. The first kappa shape index (κ1) is 20.3. The smallest absolute Gasteiger partial charge is 0.317 e. The van der Waals surface area contributed by atoms with Crippen LogP contribution in [0.15, 0.2) is 18.2 Å². The van der Waals surface area contributed by atoms with E-state index in [0.717, 1.165) is 17.5 Å². The summed E-state index contributed by atoms with van der Waals surface area (Å²) in [4.78, 5) is 28.8. The summed E-state index contributed by atoms with van der Waals surface area (Å²) >= 11 is 0. The molecule has 0 saturated carbocycles. The van der Waals surface area contributed by atoms with Crippen LogP contribution in [-0.2, 0) is 11.2 Å². The van der Waals surface area contributed by atoms with Crippen LogP contribution in [0.4, 0.5) is 4.79 Å². The van der Waals surface area contributed by atoms with Crippen LogP contribution in [0.5, 0.6) is 0 Å². The Morgan fingerprint density at radius 3 is 2.35 bits per heavy atom. The highest BCUT2D eigenvalue weighted by Gasteiger charge is 2.23. The minimum Gasteiger partial charge on any atom is -0.341 e. The minimum absolute atomic E-state index is 0.0244. The van der Waals surface area contributed by atoms with Gasteiger partial charge < -0.3 is 15.1 Å². The molecule has 1 aliphatic rings. The number of aryl methyl sites for hydroxylation is 2. The average Bonchev–Trinajstić information content (AvgIpc) is 2.80. The van der Waals surface area contributed by atoms with E-state index in [1.54, 1.807) is 0 Å². The molecule has 1 aromatic rings. The summed E-state index contributed by atoms with van der Waals surface area (Å²) in [7, 11) is 0. The summed E-state index contributed by atoms with van der Waals surface area (Å²) < 4.78 is 0. The monoisotopic (exact) mass is 359 g/mol. The Balaban J connectivity index is 1.89. The van der Waals surface area contributed by atoms with Crippen molar-refractivity contribution in [1.82, 2.24) is 15.1 Å². The van der Waals surface area contributed by atoms with Crippen LogP contribution in [0.2, 0.25) is 0 Å². The fraction of sp³-hybridized carbons (Fsp3) is 0.619. The highest BCUT2D eigenvalue weighted by atomic mass is 16.2. The Kier molecular flexibility index (Phi) is 6.68. The lowest BCUT2D eigenvalue weighted by molar-refractivity contribution is -0.130. The molecule has 0 radical (unpaired) electrons. The van der Waals surface area contributed by atoms with Gasteiger partial charge in [0, 0.05) is 32.7 Å². The predicted molar refractivity (Wildman–Crippen MR) is 105 cm³/mol. The lowest BCUT2D eigenvalue weighted by Crippen LogP contribution is -2.45. The molecule has 0 spiro atoms. The van der Waals surface area contributed by atoms with Crippen molar-refractivity contribution in [2.24, 2.45) is 5.41 Å². The molecular formula is C21H33N3O2. The topological polar surface area (TPSA) is 52.7 Å². The number of carbonyl (C=O) groups is 2. The molecular weight excluding hydrogens is 326 g/mol. The van der Waals surface area contributed by atoms with Crippen LogP contribution in [0.3, 0.4) is 0 Å². The SMILES string of the molecule is Cc1ccc(CC(=O)N2CCCN(C(=O)NCC(C)(C)C)CC2)c(C)c1. The van der Waals surface area contributed by atoms with E-state index in [-0.39, 0.29) is 17.4 Å². The van der Waals surface area contributed by atoms with E-state index >= 15 is 0 Å². The third-order valence-electron chi connectivity index (χ3n) is 4.75. The molecule has 5 heteroatoms. The fourth-order valence-corrected chi connectivity index (χ4v) is 3.14. The molecule has 1 aliphatic heterocycles. The van der Waals surface area contributed by atoms with E-state index in [9.17, 15) is 9.59 Å². The van der Waals surface area contributed by atoms with Gasteiger partial charge in [0.05, 0.1) is 6.42 Å². The molecule has 5 nitrogen and oxygen atoms in total. The summed E-state index contributed by atoms with van der Waals surface area (Å²) in [6.07, 6.45) is 1.25. The largest absolute Gasteiger partial charge is 0.341 e. The zero-order valence-corrected chi connectivity index (χ0v) is 16.9. The number of benzene rings is 1. The first-order valence-electron chi connectivity index (χ1n) is 9.52. The molecule has 0 bridgehead atoms. The Labute approximate surface area is 157 Å². The third kappa shape index (κ3) is 6.04. The number of nitrogens with zero attached hydrogens (tertiary/aromatic N) is 2. The standard InChI is InChI=1S/C21H33N3O2/c1-16-7-8-18(17(2)13-16)14-19(25)23-9-6-10-24(12-11-23)20(26)22-15-21(3,4)5/h7-8,13H,6,9-12,14-15H2,1-5H3,(H,22,26). The number of carbonyl (C=O) groups excluding carboxylic acids is 2. The Bertz CT molecular complexity index is 649. The van der Waals surface area contributed by atoms with Crippen LogP contribution in [-0.4, -0.2) is 54.5 Å². The van der Waals surface area contributed by atoms with Gasteiger partial charge in [0.1, 0.15) is 0 Å².